The number of carboxylic acids is 1. The molecule has 0 aromatic heterocycles. The fourth-order valence-electron chi connectivity index (χ4n) is 2.99. The Labute approximate surface area is 123 Å². The van der Waals surface area contributed by atoms with Gasteiger partial charge in [-0.2, -0.15) is 0 Å². The van der Waals surface area contributed by atoms with Crippen LogP contribution >= 0.6 is 15.9 Å². The zero-order chi connectivity index (χ0) is 14.4. The molecule has 1 aromatic rings. The lowest BCUT2D eigenvalue weighted by Gasteiger charge is -2.29. The highest BCUT2D eigenvalue weighted by Crippen LogP contribution is 2.40. The van der Waals surface area contributed by atoms with Crippen molar-refractivity contribution in [3.63, 3.8) is 0 Å². The van der Waals surface area contributed by atoms with Crippen molar-refractivity contribution in [1.29, 1.82) is 0 Å². The van der Waals surface area contributed by atoms with Gasteiger partial charge in [-0.3, -0.25) is 14.5 Å². The standard InChI is InChI=1S/C14H12BrNO4/c15-10-4-9(14(19)20)5-11(6-10)16-12(17)7-1-2-8(3-7)13(16)18/h4-8H,1-3H2,(H,19,20). The van der Waals surface area contributed by atoms with E-state index in [4.69, 9.17) is 5.11 Å². The number of carbonyl (C=O) groups is 3. The van der Waals surface area contributed by atoms with Crippen LogP contribution in [0.3, 0.4) is 0 Å². The molecule has 0 spiro atoms. The average molecular weight is 338 g/mol. The second-order valence-corrected chi connectivity index (χ2v) is 6.14. The van der Waals surface area contributed by atoms with Gasteiger partial charge in [0, 0.05) is 16.3 Å². The molecule has 2 amide bonds. The van der Waals surface area contributed by atoms with Crippen LogP contribution in [0.5, 0.6) is 0 Å². The Morgan fingerprint density at radius 3 is 2.30 bits per heavy atom. The Hall–Kier alpha value is -1.69. The monoisotopic (exact) mass is 337 g/mol. The third kappa shape index (κ3) is 2.04. The van der Waals surface area contributed by atoms with Crippen molar-refractivity contribution in [2.24, 2.45) is 11.8 Å². The Morgan fingerprint density at radius 2 is 1.75 bits per heavy atom. The number of aromatic carboxylic acids is 1. The van der Waals surface area contributed by atoms with Gasteiger partial charge >= 0.3 is 5.97 Å². The van der Waals surface area contributed by atoms with E-state index >= 15 is 0 Å². The topological polar surface area (TPSA) is 74.7 Å². The van der Waals surface area contributed by atoms with Gasteiger partial charge in [0.1, 0.15) is 0 Å². The lowest BCUT2D eigenvalue weighted by atomic mass is 9.96. The molecule has 2 unspecified atom stereocenters. The molecule has 20 heavy (non-hydrogen) atoms. The van der Waals surface area contributed by atoms with Crippen molar-refractivity contribution >= 4 is 39.4 Å². The highest BCUT2D eigenvalue weighted by atomic mass is 79.9. The Kier molecular flexibility index (Phi) is 3.12. The van der Waals surface area contributed by atoms with Crippen LogP contribution in [0.4, 0.5) is 5.69 Å². The molecule has 1 aromatic carbocycles. The first-order valence-electron chi connectivity index (χ1n) is 6.39. The molecule has 3 rings (SSSR count). The maximum Gasteiger partial charge on any atom is 0.335 e. The van der Waals surface area contributed by atoms with E-state index in [0.717, 1.165) is 17.7 Å². The summed E-state index contributed by atoms with van der Waals surface area (Å²) in [4.78, 5) is 36.9. The summed E-state index contributed by atoms with van der Waals surface area (Å²) in [5.41, 5.74) is 0.385. The fourth-order valence-corrected chi connectivity index (χ4v) is 3.47. The number of fused-ring (bicyclic) bond motifs is 2. The number of piperidine rings is 1. The molecule has 0 radical (unpaired) electrons. The number of benzene rings is 1. The lowest BCUT2D eigenvalue weighted by Crippen LogP contribution is -2.46. The maximum atomic E-state index is 12.3. The molecule has 104 valence electrons. The van der Waals surface area contributed by atoms with Crippen molar-refractivity contribution in [1.82, 2.24) is 0 Å². The van der Waals surface area contributed by atoms with Gasteiger partial charge in [-0.25, -0.2) is 4.79 Å². The number of carbonyl (C=O) groups excluding carboxylic acids is 2. The summed E-state index contributed by atoms with van der Waals surface area (Å²) in [6.07, 6.45) is 2.12. The molecule has 2 atom stereocenters. The smallest absolute Gasteiger partial charge is 0.335 e. The molecule has 6 heteroatoms. The number of hydrogen-bond donors (Lipinski definition) is 1. The van der Waals surface area contributed by atoms with Crippen LogP contribution in [-0.2, 0) is 9.59 Å². The Balaban J connectivity index is 2.06. The van der Waals surface area contributed by atoms with Gasteiger partial charge < -0.3 is 5.11 Å². The number of nitrogens with zero attached hydrogens (tertiary/aromatic N) is 1. The summed E-state index contributed by atoms with van der Waals surface area (Å²) >= 11 is 3.22. The van der Waals surface area contributed by atoms with E-state index in [1.807, 2.05) is 0 Å². The minimum absolute atomic E-state index is 0.0490. The first kappa shape index (κ1) is 13.3. The van der Waals surface area contributed by atoms with Gasteiger partial charge in [0.2, 0.25) is 11.8 Å². The lowest BCUT2D eigenvalue weighted by molar-refractivity contribution is -0.133. The van der Waals surface area contributed by atoms with E-state index in [-0.39, 0.29) is 29.2 Å². The van der Waals surface area contributed by atoms with Crippen molar-refractivity contribution in [2.45, 2.75) is 19.3 Å². The third-order valence-corrected chi connectivity index (χ3v) is 4.42. The zero-order valence-corrected chi connectivity index (χ0v) is 12.1. The van der Waals surface area contributed by atoms with Gasteiger partial charge in [0.05, 0.1) is 11.3 Å². The van der Waals surface area contributed by atoms with Gasteiger partial charge in [-0.1, -0.05) is 15.9 Å². The van der Waals surface area contributed by atoms with E-state index in [0.29, 0.717) is 16.6 Å². The summed E-state index contributed by atoms with van der Waals surface area (Å²) in [6, 6.07) is 4.42. The summed E-state index contributed by atoms with van der Waals surface area (Å²) < 4.78 is 0.533. The first-order valence-corrected chi connectivity index (χ1v) is 7.18. The van der Waals surface area contributed by atoms with Gasteiger partial charge in [0.15, 0.2) is 0 Å². The molecule has 1 aliphatic carbocycles. The molecular formula is C14H12BrNO4. The predicted molar refractivity (Wildman–Crippen MR) is 74.4 cm³/mol. The van der Waals surface area contributed by atoms with Crippen LogP contribution in [0.15, 0.2) is 22.7 Å². The SMILES string of the molecule is O=C(O)c1cc(Br)cc(N2C(=O)C3CCC(C3)C2=O)c1. The van der Waals surface area contributed by atoms with Crippen LogP contribution in [-0.4, -0.2) is 22.9 Å². The minimum Gasteiger partial charge on any atom is -0.478 e. The quantitative estimate of drug-likeness (QED) is 0.841. The number of imide groups is 1. The summed E-state index contributed by atoms with van der Waals surface area (Å²) in [5, 5.41) is 9.07. The normalized spacial score (nSPS) is 25.1. The van der Waals surface area contributed by atoms with E-state index in [1.54, 1.807) is 6.07 Å². The van der Waals surface area contributed by atoms with Crippen LogP contribution in [0.25, 0.3) is 0 Å². The molecule has 2 bridgehead atoms. The average Bonchev–Trinajstić information content (AvgIpc) is 2.83. The van der Waals surface area contributed by atoms with Crippen LogP contribution in [0.1, 0.15) is 29.6 Å². The minimum atomic E-state index is -1.09. The van der Waals surface area contributed by atoms with Gasteiger partial charge in [-0.15, -0.1) is 0 Å². The van der Waals surface area contributed by atoms with Crippen molar-refractivity contribution in [3.05, 3.63) is 28.2 Å². The number of amides is 2. The predicted octanol–water partition coefficient (Wildman–Crippen LogP) is 2.44. The Bertz CT molecular complexity index is 606. The second kappa shape index (κ2) is 4.70. The summed E-state index contributed by atoms with van der Waals surface area (Å²) in [7, 11) is 0. The van der Waals surface area contributed by atoms with Crippen LogP contribution in [0, 0.1) is 11.8 Å². The molecule has 1 heterocycles. The molecule has 1 N–H and O–H groups in total. The largest absolute Gasteiger partial charge is 0.478 e. The van der Waals surface area contributed by atoms with Crippen LogP contribution in [0.2, 0.25) is 0 Å². The Morgan fingerprint density at radius 1 is 1.15 bits per heavy atom. The van der Waals surface area contributed by atoms with E-state index in [2.05, 4.69) is 15.9 Å². The number of anilines is 1. The maximum absolute atomic E-state index is 12.3. The van der Waals surface area contributed by atoms with Crippen molar-refractivity contribution in [3.8, 4) is 0 Å². The molecule has 1 saturated heterocycles. The molecule has 1 aliphatic heterocycles. The van der Waals surface area contributed by atoms with E-state index in [1.165, 1.54) is 12.1 Å². The summed E-state index contributed by atoms with van der Waals surface area (Å²) in [5.74, 6) is -1.72. The van der Waals surface area contributed by atoms with Gasteiger partial charge in [0.25, 0.3) is 0 Å². The van der Waals surface area contributed by atoms with Crippen molar-refractivity contribution < 1.29 is 19.5 Å². The third-order valence-electron chi connectivity index (χ3n) is 3.96. The van der Waals surface area contributed by atoms with Gasteiger partial charge in [-0.05, 0) is 37.5 Å². The molecule has 2 fully saturated rings. The van der Waals surface area contributed by atoms with E-state index < -0.39 is 5.97 Å². The number of carboxylic acid groups (broad SMARTS) is 1. The number of hydrogen-bond acceptors (Lipinski definition) is 3. The zero-order valence-electron chi connectivity index (χ0n) is 10.5. The van der Waals surface area contributed by atoms with E-state index in [9.17, 15) is 14.4 Å². The number of rotatable bonds is 2. The highest BCUT2D eigenvalue weighted by Gasteiger charge is 2.45. The highest BCUT2D eigenvalue weighted by molar-refractivity contribution is 9.10. The fraction of sp³-hybridized carbons (Fsp3) is 0.357. The second-order valence-electron chi connectivity index (χ2n) is 5.22. The number of halogens is 1. The molecule has 2 aliphatic rings. The van der Waals surface area contributed by atoms with Crippen LogP contribution < -0.4 is 4.90 Å². The molecule has 1 saturated carbocycles. The molecular weight excluding hydrogens is 326 g/mol. The summed E-state index contributed by atoms with van der Waals surface area (Å²) in [6.45, 7) is 0. The first-order chi connectivity index (χ1) is 9.47. The van der Waals surface area contributed by atoms with Crippen molar-refractivity contribution in [2.75, 3.05) is 4.90 Å². The molecule has 5 nitrogen and oxygen atoms in total.